The third-order valence-electron chi connectivity index (χ3n) is 4.18. The lowest BCUT2D eigenvalue weighted by atomic mass is 10.1. The van der Waals surface area contributed by atoms with Crippen LogP contribution in [-0.4, -0.2) is 37.5 Å². The Kier molecular flexibility index (Phi) is 7.48. The van der Waals surface area contributed by atoms with Gasteiger partial charge in [0.25, 0.3) is 0 Å². The molecule has 0 unspecified atom stereocenters. The Morgan fingerprint density at radius 3 is 2.08 bits per heavy atom. The minimum Gasteiger partial charge on any atom is -0.297 e. The molecule has 0 aliphatic carbocycles. The lowest BCUT2D eigenvalue weighted by Crippen LogP contribution is -2.35. The lowest BCUT2D eigenvalue weighted by Gasteiger charge is -2.26. The van der Waals surface area contributed by atoms with Gasteiger partial charge in [0.1, 0.15) is 0 Å². The molecule has 0 N–H and O–H groups in total. The summed E-state index contributed by atoms with van der Waals surface area (Å²) in [5.74, 6) is 0.427. The van der Waals surface area contributed by atoms with Gasteiger partial charge in [-0.1, -0.05) is 62.4 Å². The Morgan fingerprint density at radius 1 is 0.960 bits per heavy atom. The molecule has 0 bridgehead atoms. The van der Waals surface area contributed by atoms with Gasteiger partial charge in [0, 0.05) is 25.0 Å². The molecule has 136 valence electrons. The van der Waals surface area contributed by atoms with Crippen LogP contribution in [0.3, 0.4) is 0 Å². The monoisotopic (exact) mass is 379 g/mol. The molecule has 2 rings (SSSR count). The predicted octanol–water partition coefficient (Wildman–Crippen LogP) is 4.23. The number of hydrogen-bond donors (Lipinski definition) is 0. The van der Waals surface area contributed by atoms with Gasteiger partial charge in [0.2, 0.25) is 0 Å². The minimum absolute atomic E-state index is 0.0110. The van der Waals surface area contributed by atoms with Crippen LogP contribution in [0.1, 0.15) is 19.4 Å². The van der Waals surface area contributed by atoms with Crippen LogP contribution >= 0.6 is 11.6 Å². The Hall–Kier alpha value is -1.36. The van der Waals surface area contributed by atoms with Gasteiger partial charge in [-0.2, -0.15) is 0 Å². The highest BCUT2D eigenvalue weighted by Gasteiger charge is 2.19. The largest absolute Gasteiger partial charge is 0.297 e. The van der Waals surface area contributed by atoms with Crippen molar-refractivity contribution in [2.24, 2.45) is 5.92 Å². The van der Waals surface area contributed by atoms with E-state index in [2.05, 4.69) is 30.9 Å². The van der Waals surface area contributed by atoms with Crippen LogP contribution in [0.5, 0.6) is 0 Å². The van der Waals surface area contributed by atoms with Crippen LogP contribution in [0.15, 0.2) is 65.6 Å². The van der Waals surface area contributed by atoms with Gasteiger partial charge in [-0.25, -0.2) is 8.42 Å². The molecule has 3 nitrogen and oxygen atoms in total. The summed E-state index contributed by atoms with van der Waals surface area (Å²) in [6.07, 6.45) is 0. The summed E-state index contributed by atoms with van der Waals surface area (Å²) in [6, 6.07) is 18.7. The molecule has 5 heteroatoms. The molecule has 0 radical (unpaired) electrons. The zero-order valence-corrected chi connectivity index (χ0v) is 16.4. The molecule has 2 aromatic carbocycles. The molecule has 1 atom stereocenters. The second kappa shape index (κ2) is 9.37. The number of halogens is 1. The van der Waals surface area contributed by atoms with E-state index in [-0.39, 0.29) is 11.1 Å². The number of alkyl halides is 1. The molecular formula is C20H26ClNO2S. The van der Waals surface area contributed by atoms with E-state index in [0.717, 1.165) is 5.56 Å². The van der Waals surface area contributed by atoms with Gasteiger partial charge in [-0.05, 0) is 23.6 Å². The highest BCUT2D eigenvalue weighted by atomic mass is 35.5. The number of sulfone groups is 1. The SMILES string of the molecule is CC(C)[C@@H](Cl)CN(CCS(=O)(=O)c1ccccc1)Cc1ccccc1. The Morgan fingerprint density at radius 2 is 1.52 bits per heavy atom. The fraction of sp³-hybridized carbons (Fsp3) is 0.400. The van der Waals surface area contributed by atoms with E-state index in [1.54, 1.807) is 24.3 Å². The van der Waals surface area contributed by atoms with E-state index >= 15 is 0 Å². The van der Waals surface area contributed by atoms with Crippen molar-refractivity contribution in [2.45, 2.75) is 30.7 Å². The topological polar surface area (TPSA) is 37.4 Å². The Balaban J connectivity index is 2.07. The smallest absolute Gasteiger partial charge is 0.179 e. The quantitative estimate of drug-likeness (QED) is 0.612. The fourth-order valence-corrected chi connectivity index (χ4v) is 4.03. The molecule has 0 heterocycles. The fourth-order valence-electron chi connectivity index (χ4n) is 2.53. The first-order chi connectivity index (χ1) is 11.9. The van der Waals surface area contributed by atoms with Gasteiger partial charge in [-0.3, -0.25) is 4.90 Å². The van der Waals surface area contributed by atoms with E-state index < -0.39 is 9.84 Å². The van der Waals surface area contributed by atoms with E-state index in [1.165, 1.54) is 0 Å². The maximum Gasteiger partial charge on any atom is 0.179 e. The Bertz CT molecular complexity index is 733. The maximum absolute atomic E-state index is 12.5. The van der Waals surface area contributed by atoms with Crippen molar-refractivity contribution < 1.29 is 8.42 Å². The second-order valence-electron chi connectivity index (χ2n) is 6.61. The van der Waals surface area contributed by atoms with Crippen LogP contribution in [0.2, 0.25) is 0 Å². The molecule has 0 fully saturated rings. The van der Waals surface area contributed by atoms with Gasteiger partial charge < -0.3 is 0 Å². The third-order valence-corrected chi connectivity index (χ3v) is 6.54. The lowest BCUT2D eigenvalue weighted by molar-refractivity contribution is 0.266. The maximum atomic E-state index is 12.5. The summed E-state index contributed by atoms with van der Waals surface area (Å²) in [5.41, 5.74) is 1.16. The molecule has 2 aromatic rings. The van der Waals surface area contributed by atoms with Gasteiger partial charge in [0.15, 0.2) is 9.84 Å². The number of benzene rings is 2. The average molecular weight is 380 g/mol. The van der Waals surface area contributed by atoms with Crippen LogP contribution in [0.25, 0.3) is 0 Å². The number of rotatable bonds is 9. The summed E-state index contributed by atoms with van der Waals surface area (Å²) in [6.45, 7) is 5.99. The summed E-state index contributed by atoms with van der Waals surface area (Å²) in [4.78, 5) is 2.51. The summed E-state index contributed by atoms with van der Waals surface area (Å²) < 4.78 is 25.1. The van der Waals surface area contributed by atoms with E-state index in [0.29, 0.717) is 30.4 Å². The van der Waals surface area contributed by atoms with Crippen molar-refractivity contribution in [2.75, 3.05) is 18.8 Å². The zero-order chi connectivity index (χ0) is 18.3. The number of nitrogens with zero attached hydrogens (tertiary/aromatic N) is 1. The van der Waals surface area contributed by atoms with Gasteiger partial charge in [-0.15, -0.1) is 11.6 Å². The van der Waals surface area contributed by atoms with Gasteiger partial charge in [0.05, 0.1) is 10.6 Å². The molecule has 0 spiro atoms. The standard InChI is InChI=1S/C20H26ClNO2S/c1-17(2)20(21)16-22(15-18-9-5-3-6-10-18)13-14-25(23,24)19-11-7-4-8-12-19/h3-12,17,20H,13-16H2,1-2H3/t20-/m0/s1. The van der Waals surface area contributed by atoms with Crippen molar-refractivity contribution in [3.05, 3.63) is 66.2 Å². The molecule has 25 heavy (non-hydrogen) atoms. The van der Waals surface area contributed by atoms with E-state index in [1.807, 2.05) is 24.3 Å². The van der Waals surface area contributed by atoms with Crippen molar-refractivity contribution in [3.63, 3.8) is 0 Å². The van der Waals surface area contributed by atoms with Crippen molar-refractivity contribution in [3.8, 4) is 0 Å². The average Bonchev–Trinajstić information content (AvgIpc) is 2.61. The first-order valence-corrected chi connectivity index (χ1v) is 10.7. The van der Waals surface area contributed by atoms with Crippen molar-refractivity contribution in [1.82, 2.24) is 4.90 Å². The summed E-state index contributed by atoms with van der Waals surface area (Å²) >= 11 is 6.45. The minimum atomic E-state index is -3.29. The first-order valence-electron chi connectivity index (χ1n) is 8.56. The molecule has 0 amide bonds. The second-order valence-corrected chi connectivity index (χ2v) is 9.28. The first kappa shape index (κ1) is 20.0. The molecule has 0 saturated heterocycles. The van der Waals surface area contributed by atoms with Crippen LogP contribution < -0.4 is 0 Å². The third kappa shape index (κ3) is 6.46. The number of hydrogen-bond acceptors (Lipinski definition) is 3. The predicted molar refractivity (Wildman–Crippen MR) is 105 cm³/mol. The highest BCUT2D eigenvalue weighted by molar-refractivity contribution is 7.91. The van der Waals surface area contributed by atoms with Crippen LogP contribution in [0.4, 0.5) is 0 Å². The Labute approximate surface area is 156 Å². The van der Waals surface area contributed by atoms with Crippen LogP contribution in [0, 0.1) is 5.92 Å². The van der Waals surface area contributed by atoms with E-state index in [9.17, 15) is 8.42 Å². The van der Waals surface area contributed by atoms with Crippen molar-refractivity contribution >= 4 is 21.4 Å². The summed E-state index contributed by atoms with van der Waals surface area (Å²) in [5, 5.41) is -0.0110. The normalized spacial score (nSPS) is 13.3. The highest BCUT2D eigenvalue weighted by Crippen LogP contribution is 2.15. The molecule has 0 saturated carbocycles. The molecular weight excluding hydrogens is 354 g/mol. The molecule has 0 aromatic heterocycles. The summed E-state index contributed by atoms with van der Waals surface area (Å²) in [7, 11) is -3.29. The van der Waals surface area contributed by atoms with Gasteiger partial charge >= 0.3 is 0 Å². The van der Waals surface area contributed by atoms with Crippen molar-refractivity contribution in [1.29, 1.82) is 0 Å². The van der Waals surface area contributed by atoms with E-state index in [4.69, 9.17) is 11.6 Å². The molecule has 0 aliphatic rings. The molecule has 0 aliphatic heterocycles. The van der Waals surface area contributed by atoms with Crippen LogP contribution in [-0.2, 0) is 16.4 Å². The zero-order valence-electron chi connectivity index (χ0n) is 14.8.